The maximum atomic E-state index is 13.2. The summed E-state index contributed by atoms with van der Waals surface area (Å²) in [6.07, 6.45) is 6.21. The second kappa shape index (κ2) is 9.54. The highest BCUT2D eigenvalue weighted by Crippen LogP contribution is 2.44. The van der Waals surface area contributed by atoms with Gasteiger partial charge in [0, 0.05) is 19.1 Å². The molecule has 3 aliphatic rings. The monoisotopic (exact) mass is 424 g/mol. The van der Waals surface area contributed by atoms with Gasteiger partial charge in [-0.15, -0.1) is 12.4 Å². The van der Waals surface area contributed by atoms with E-state index in [9.17, 15) is 4.79 Å². The molecule has 0 atom stereocenters. The van der Waals surface area contributed by atoms with Gasteiger partial charge in [0.2, 0.25) is 5.91 Å². The van der Waals surface area contributed by atoms with Gasteiger partial charge in [0.05, 0.1) is 12.0 Å². The summed E-state index contributed by atoms with van der Waals surface area (Å²) < 4.78 is 16.9. The van der Waals surface area contributed by atoms with Crippen LogP contribution in [-0.4, -0.2) is 52.5 Å². The summed E-state index contributed by atoms with van der Waals surface area (Å²) in [5.74, 6) is 1.79. The van der Waals surface area contributed by atoms with Crippen molar-refractivity contribution in [2.24, 2.45) is 5.41 Å². The van der Waals surface area contributed by atoms with Crippen molar-refractivity contribution in [3.8, 4) is 11.5 Å². The van der Waals surface area contributed by atoms with Crippen LogP contribution in [0.2, 0.25) is 0 Å². The van der Waals surface area contributed by atoms with Gasteiger partial charge in [0.15, 0.2) is 11.5 Å². The first-order valence-corrected chi connectivity index (χ1v) is 10.6. The second-order valence-corrected chi connectivity index (χ2v) is 8.49. The number of fused-ring (bicyclic) bond motifs is 1. The number of halogens is 1. The Bertz CT molecular complexity index is 695. The Labute approximate surface area is 179 Å². The van der Waals surface area contributed by atoms with Gasteiger partial charge in [-0.3, -0.25) is 4.79 Å². The first-order chi connectivity index (χ1) is 13.7. The van der Waals surface area contributed by atoms with Crippen LogP contribution in [0.15, 0.2) is 18.2 Å². The molecule has 1 saturated carbocycles. The summed E-state index contributed by atoms with van der Waals surface area (Å²) in [4.78, 5) is 13.2. The lowest BCUT2D eigenvalue weighted by molar-refractivity contribution is -0.136. The molecule has 6 nitrogen and oxygen atoms in total. The van der Waals surface area contributed by atoms with E-state index in [1.54, 1.807) is 7.11 Å². The molecule has 2 aliphatic heterocycles. The predicted molar refractivity (Wildman–Crippen MR) is 114 cm³/mol. The van der Waals surface area contributed by atoms with Gasteiger partial charge in [-0.2, -0.15) is 0 Å². The number of carbonyl (C=O) groups excluding carboxylic acids is 1. The van der Waals surface area contributed by atoms with Gasteiger partial charge in [0.25, 0.3) is 0 Å². The molecule has 4 rings (SSSR count). The normalized spacial score (nSPS) is 21.8. The maximum Gasteiger partial charge on any atom is 0.228 e. The first kappa shape index (κ1) is 22.2. The Balaban J connectivity index is 0.00000240. The molecule has 29 heavy (non-hydrogen) atoms. The Morgan fingerprint density at radius 3 is 2.48 bits per heavy atom. The summed E-state index contributed by atoms with van der Waals surface area (Å²) >= 11 is 0. The smallest absolute Gasteiger partial charge is 0.228 e. The lowest BCUT2D eigenvalue weighted by Gasteiger charge is -2.37. The molecule has 2 N–H and O–H groups in total. The van der Waals surface area contributed by atoms with E-state index < -0.39 is 5.41 Å². The van der Waals surface area contributed by atoms with Gasteiger partial charge < -0.3 is 24.8 Å². The Kier molecular flexibility index (Phi) is 7.30. The summed E-state index contributed by atoms with van der Waals surface area (Å²) in [7, 11) is 1.69. The predicted octanol–water partition coefficient (Wildman–Crippen LogP) is 2.82. The molecule has 7 heteroatoms. The van der Waals surface area contributed by atoms with Crippen molar-refractivity contribution in [3.63, 3.8) is 0 Å². The van der Waals surface area contributed by atoms with Crippen molar-refractivity contribution in [3.05, 3.63) is 23.8 Å². The third-order valence-electron chi connectivity index (χ3n) is 6.77. The standard InChI is InChI=1S/C22H32N2O4.ClH/c1-26-16-22(8-10-23-11-9-22)20(25)24-15-21(6-2-3-7-21)17-4-5-18-19(14-17)28-13-12-27-18;/h4-5,14,23H,2-3,6-13,15-16H2,1H3,(H,24,25);1H. The first-order valence-electron chi connectivity index (χ1n) is 10.6. The van der Waals surface area contributed by atoms with Crippen molar-refractivity contribution in [2.75, 3.05) is 46.6 Å². The zero-order chi connectivity index (χ0) is 19.5. The van der Waals surface area contributed by atoms with Crippen LogP contribution >= 0.6 is 12.4 Å². The second-order valence-electron chi connectivity index (χ2n) is 8.49. The highest BCUT2D eigenvalue weighted by Gasteiger charge is 2.42. The molecule has 162 valence electrons. The fraction of sp³-hybridized carbons (Fsp3) is 0.682. The molecule has 0 bridgehead atoms. The average Bonchev–Trinajstić information content (AvgIpc) is 3.23. The van der Waals surface area contributed by atoms with Crippen molar-refractivity contribution in [1.29, 1.82) is 0 Å². The molecule has 1 amide bonds. The van der Waals surface area contributed by atoms with E-state index in [2.05, 4.69) is 22.8 Å². The van der Waals surface area contributed by atoms with E-state index in [-0.39, 0.29) is 23.7 Å². The van der Waals surface area contributed by atoms with E-state index in [4.69, 9.17) is 14.2 Å². The van der Waals surface area contributed by atoms with E-state index in [0.717, 1.165) is 50.3 Å². The average molecular weight is 425 g/mol. The van der Waals surface area contributed by atoms with Gasteiger partial charge in [-0.25, -0.2) is 0 Å². The minimum absolute atomic E-state index is 0. The maximum absolute atomic E-state index is 13.2. The third-order valence-corrected chi connectivity index (χ3v) is 6.77. The number of ether oxygens (including phenoxy) is 3. The summed E-state index contributed by atoms with van der Waals surface area (Å²) in [6.45, 7) is 4.08. The van der Waals surface area contributed by atoms with Gasteiger partial charge in [-0.1, -0.05) is 18.9 Å². The number of amides is 1. The molecule has 1 saturated heterocycles. The highest BCUT2D eigenvalue weighted by molar-refractivity contribution is 5.85. The largest absolute Gasteiger partial charge is 0.486 e. The fourth-order valence-corrected chi connectivity index (χ4v) is 5.05. The fourth-order valence-electron chi connectivity index (χ4n) is 5.05. The van der Waals surface area contributed by atoms with Gasteiger partial charge >= 0.3 is 0 Å². The minimum atomic E-state index is -0.410. The zero-order valence-electron chi connectivity index (χ0n) is 17.3. The number of benzene rings is 1. The van der Waals surface area contributed by atoms with Crippen LogP contribution in [0.4, 0.5) is 0 Å². The zero-order valence-corrected chi connectivity index (χ0v) is 18.1. The molecule has 1 aliphatic carbocycles. The van der Waals surface area contributed by atoms with Crippen molar-refractivity contribution in [2.45, 2.75) is 43.9 Å². The molecule has 1 aromatic rings. The highest BCUT2D eigenvalue weighted by atomic mass is 35.5. The Morgan fingerprint density at radius 2 is 1.79 bits per heavy atom. The number of hydrogen-bond acceptors (Lipinski definition) is 5. The van der Waals surface area contributed by atoms with Crippen molar-refractivity contribution < 1.29 is 19.0 Å². The molecule has 1 aromatic carbocycles. The van der Waals surface area contributed by atoms with Crippen LogP contribution in [0.1, 0.15) is 44.1 Å². The Morgan fingerprint density at radius 1 is 1.10 bits per heavy atom. The van der Waals surface area contributed by atoms with Crippen LogP contribution in [0.3, 0.4) is 0 Å². The molecule has 0 spiro atoms. The summed E-state index contributed by atoms with van der Waals surface area (Å²) in [6, 6.07) is 6.30. The van der Waals surface area contributed by atoms with E-state index >= 15 is 0 Å². The third kappa shape index (κ3) is 4.49. The van der Waals surface area contributed by atoms with Crippen molar-refractivity contribution >= 4 is 18.3 Å². The van der Waals surface area contributed by atoms with E-state index in [1.807, 2.05) is 6.07 Å². The number of hydrogen-bond donors (Lipinski definition) is 2. The molecule has 0 aromatic heterocycles. The molecule has 2 heterocycles. The lowest BCUT2D eigenvalue weighted by Crippen LogP contribution is -2.52. The molecule has 2 fully saturated rings. The van der Waals surface area contributed by atoms with Crippen LogP contribution in [0.25, 0.3) is 0 Å². The SMILES string of the molecule is COCC1(C(=O)NCC2(c3ccc4c(c3)OCCO4)CCCC2)CCNCC1.Cl. The minimum Gasteiger partial charge on any atom is -0.486 e. The van der Waals surface area contributed by atoms with E-state index in [1.165, 1.54) is 18.4 Å². The number of carbonyl (C=O) groups is 1. The quantitative estimate of drug-likeness (QED) is 0.734. The topological polar surface area (TPSA) is 68.8 Å². The molecule has 0 radical (unpaired) electrons. The number of piperidine rings is 1. The van der Waals surface area contributed by atoms with Crippen LogP contribution in [0.5, 0.6) is 11.5 Å². The van der Waals surface area contributed by atoms with Crippen molar-refractivity contribution in [1.82, 2.24) is 10.6 Å². The lowest BCUT2D eigenvalue weighted by atomic mass is 9.76. The molecule has 0 unspecified atom stereocenters. The number of methoxy groups -OCH3 is 1. The number of rotatable bonds is 6. The number of nitrogens with one attached hydrogen (secondary N) is 2. The van der Waals surface area contributed by atoms with Gasteiger partial charge in [-0.05, 0) is 56.5 Å². The van der Waals surface area contributed by atoms with Crippen LogP contribution in [-0.2, 0) is 14.9 Å². The summed E-state index contributed by atoms with van der Waals surface area (Å²) in [5, 5.41) is 6.67. The van der Waals surface area contributed by atoms with E-state index in [0.29, 0.717) is 26.4 Å². The molecular formula is C22H33ClN2O4. The van der Waals surface area contributed by atoms with Crippen LogP contribution in [0, 0.1) is 5.41 Å². The van der Waals surface area contributed by atoms with Crippen LogP contribution < -0.4 is 20.1 Å². The Hall–Kier alpha value is -1.50. The summed E-state index contributed by atoms with van der Waals surface area (Å²) in [5.41, 5.74) is 0.819. The van der Waals surface area contributed by atoms with Gasteiger partial charge in [0.1, 0.15) is 13.2 Å². The molecular weight excluding hydrogens is 392 g/mol.